The fourth-order valence-corrected chi connectivity index (χ4v) is 3.49. The highest BCUT2D eigenvalue weighted by molar-refractivity contribution is 6.03. The Morgan fingerprint density at radius 1 is 1.20 bits per heavy atom. The lowest BCUT2D eigenvalue weighted by Crippen LogP contribution is -2.37. The molecule has 1 amide bonds. The highest BCUT2D eigenvalue weighted by atomic mass is 16.5. The van der Waals surface area contributed by atoms with E-state index in [1.165, 1.54) is 0 Å². The molecule has 0 bridgehead atoms. The zero-order valence-electron chi connectivity index (χ0n) is 14.4. The summed E-state index contributed by atoms with van der Waals surface area (Å²) >= 11 is 0. The zero-order chi connectivity index (χ0) is 17.2. The number of ether oxygens (including phenoxy) is 1. The van der Waals surface area contributed by atoms with Crippen LogP contribution in [-0.2, 0) is 17.7 Å². The van der Waals surface area contributed by atoms with E-state index < -0.39 is 0 Å². The highest BCUT2D eigenvalue weighted by Crippen LogP contribution is 2.30. The predicted molar refractivity (Wildman–Crippen MR) is 94.7 cm³/mol. The van der Waals surface area contributed by atoms with Gasteiger partial charge in [0.15, 0.2) is 0 Å². The van der Waals surface area contributed by atoms with Gasteiger partial charge < -0.3 is 14.5 Å². The largest absolute Gasteiger partial charge is 0.378 e. The first-order valence-electron chi connectivity index (χ1n) is 8.75. The van der Waals surface area contributed by atoms with E-state index in [9.17, 15) is 4.79 Å². The third-order valence-electron chi connectivity index (χ3n) is 4.78. The molecule has 0 radical (unpaired) electrons. The normalized spacial score (nSPS) is 17.1. The fourth-order valence-electron chi connectivity index (χ4n) is 3.49. The maximum absolute atomic E-state index is 13.0. The van der Waals surface area contributed by atoms with Gasteiger partial charge in [0.05, 0.1) is 36.7 Å². The molecule has 2 aromatic heterocycles. The van der Waals surface area contributed by atoms with Crippen LogP contribution in [0.3, 0.4) is 0 Å². The Labute approximate surface area is 147 Å². The van der Waals surface area contributed by atoms with Crippen molar-refractivity contribution >= 4 is 11.6 Å². The van der Waals surface area contributed by atoms with Crippen LogP contribution < -0.4 is 4.90 Å². The molecule has 0 aliphatic carbocycles. The highest BCUT2D eigenvalue weighted by Gasteiger charge is 2.32. The summed E-state index contributed by atoms with van der Waals surface area (Å²) in [5.74, 6) is 0.0808. The first kappa shape index (κ1) is 16.0. The Morgan fingerprint density at radius 2 is 2.04 bits per heavy atom. The fraction of sp³-hybridized carbons (Fsp3) is 0.421. The van der Waals surface area contributed by atoms with E-state index in [0.29, 0.717) is 26.3 Å². The van der Waals surface area contributed by atoms with Crippen LogP contribution in [0.4, 0.5) is 5.69 Å². The molecule has 0 N–H and O–H groups in total. The van der Waals surface area contributed by atoms with Crippen LogP contribution in [0.15, 0.2) is 30.5 Å². The summed E-state index contributed by atoms with van der Waals surface area (Å²) in [4.78, 5) is 26.0. The lowest BCUT2D eigenvalue weighted by Gasteiger charge is -2.30. The third kappa shape index (κ3) is 3.22. The van der Waals surface area contributed by atoms with Crippen molar-refractivity contribution in [2.75, 3.05) is 37.7 Å². The second-order valence-corrected chi connectivity index (χ2v) is 6.50. The molecule has 25 heavy (non-hydrogen) atoms. The van der Waals surface area contributed by atoms with Crippen LogP contribution in [-0.4, -0.2) is 53.6 Å². The Kier molecular flexibility index (Phi) is 4.36. The molecule has 2 aliphatic heterocycles. The lowest BCUT2D eigenvalue weighted by atomic mass is 10.1. The minimum absolute atomic E-state index is 0.0808. The van der Waals surface area contributed by atoms with Gasteiger partial charge >= 0.3 is 0 Å². The number of aromatic nitrogens is 2. The molecular formula is C19H22N4O2. The molecule has 6 nitrogen and oxygen atoms in total. The lowest BCUT2D eigenvalue weighted by molar-refractivity contribution is 0.0779. The van der Waals surface area contributed by atoms with Crippen molar-refractivity contribution in [3.8, 4) is 0 Å². The number of fused-ring (bicyclic) bond motifs is 1. The van der Waals surface area contributed by atoms with Crippen molar-refractivity contribution in [3.05, 3.63) is 53.1 Å². The Morgan fingerprint density at radius 3 is 2.84 bits per heavy atom. The van der Waals surface area contributed by atoms with Crippen molar-refractivity contribution in [3.63, 3.8) is 0 Å². The number of carbonyl (C=O) groups is 1. The van der Waals surface area contributed by atoms with E-state index in [1.807, 2.05) is 42.3 Å². The van der Waals surface area contributed by atoms with Crippen LogP contribution >= 0.6 is 0 Å². The molecule has 130 valence electrons. The number of amides is 1. The first-order chi connectivity index (χ1) is 12.2. The topological polar surface area (TPSA) is 58.6 Å². The molecule has 0 atom stereocenters. The minimum atomic E-state index is 0.0808. The number of nitrogens with zero attached hydrogens (tertiary/aromatic N) is 4. The SMILES string of the molecule is Cc1cccc(CCN2Cc3nccc(N4CCOCC4)c3C2=O)n1. The molecule has 0 spiro atoms. The van der Waals surface area contributed by atoms with Gasteiger partial charge in [0.1, 0.15) is 0 Å². The average Bonchev–Trinajstić information content (AvgIpc) is 2.97. The molecule has 4 rings (SSSR count). The van der Waals surface area contributed by atoms with Crippen molar-refractivity contribution in [1.29, 1.82) is 0 Å². The van der Waals surface area contributed by atoms with Crippen molar-refractivity contribution < 1.29 is 9.53 Å². The van der Waals surface area contributed by atoms with Gasteiger partial charge in [0.25, 0.3) is 5.91 Å². The Hall–Kier alpha value is -2.47. The second kappa shape index (κ2) is 6.80. The minimum Gasteiger partial charge on any atom is -0.378 e. The molecule has 0 unspecified atom stereocenters. The van der Waals surface area contributed by atoms with Gasteiger partial charge in [0, 0.05) is 43.6 Å². The van der Waals surface area contributed by atoms with Gasteiger partial charge in [-0.1, -0.05) is 6.07 Å². The summed E-state index contributed by atoms with van der Waals surface area (Å²) in [6.07, 6.45) is 2.57. The second-order valence-electron chi connectivity index (χ2n) is 6.50. The van der Waals surface area contributed by atoms with Crippen molar-refractivity contribution in [2.45, 2.75) is 19.9 Å². The van der Waals surface area contributed by atoms with Crippen LogP contribution in [0.25, 0.3) is 0 Å². The number of anilines is 1. The van der Waals surface area contributed by atoms with E-state index >= 15 is 0 Å². The number of pyridine rings is 2. The van der Waals surface area contributed by atoms with E-state index in [1.54, 1.807) is 0 Å². The number of hydrogen-bond donors (Lipinski definition) is 0. The van der Waals surface area contributed by atoms with E-state index in [4.69, 9.17) is 4.74 Å². The summed E-state index contributed by atoms with van der Waals surface area (Å²) in [5, 5.41) is 0. The van der Waals surface area contributed by atoms with E-state index in [2.05, 4.69) is 14.9 Å². The summed E-state index contributed by atoms with van der Waals surface area (Å²) in [6, 6.07) is 7.96. The smallest absolute Gasteiger partial charge is 0.258 e. The Bertz CT molecular complexity index is 787. The van der Waals surface area contributed by atoms with Gasteiger partial charge in [-0.05, 0) is 25.1 Å². The van der Waals surface area contributed by atoms with Crippen molar-refractivity contribution in [1.82, 2.24) is 14.9 Å². The molecule has 1 fully saturated rings. The summed E-state index contributed by atoms with van der Waals surface area (Å²) in [6.45, 7) is 6.27. The molecule has 6 heteroatoms. The molecule has 4 heterocycles. The predicted octanol–water partition coefficient (Wildman–Crippen LogP) is 1.82. The molecular weight excluding hydrogens is 316 g/mol. The molecule has 0 saturated carbocycles. The van der Waals surface area contributed by atoms with Gasteiger partial charge in [0.2, 0.25) is 0 Å². The number of morpholine rings is 1. The average molecular weight is 338 g/mol. The van der Waals surface area contributed by atoms with E-state index in [-0.39, 0.29) is 5.91 Å². The maximum atomic E-state index is 13.0. The first-order valence-corrected chi connectivity index (χ1v) is 8.75. The van der Waals surface area contributed by atoms with Crippen LogP contribution in [0.5, 0.6) is 0 Å². The van der Waals surface area contributed by atoms with Gasteiger partial charge in [-0.3, -0.25) is 14.8 Å². The van der Waals surface area contributed by atoms with E-state index in [0.717, 1.165) is 47.8 Å². The maximum Gasteiger partial charge on any atom is 0.258 e. The summed E-state index contributed by atoms with van der Waals surface area (Å²) < 4.78 is 5.43. The molecule has 0 aromatic carbocycles. The number of rotatable bonds is 4. The monoisotopic (exact) mass is 338 g/mol. The molecule has 1 saturated heterocycles. The number of hydrogen-bond acceptors (Lipinski definition) is 5. The Balaban J connectivity index is 1.51. The number of aryl methyl sites for hydroxylation is 1. The van der Waals surface area contributed by atoms with Crippen LogP contribution in [0.1, 0.15) is 27.4 Å². The molecule has 2 aromatic rings. The zero-order valence-corrected chi connectivity index (χ0v) is 14.4. The quantitative estimate of drug-likeness (QED) is 0.851. The van der Waals surface area contributed by atoms with Crippen LogP contribution in [0, 0.1) is 6.92 Å². The summed E-state index contributed by atoms with van der Waals surface area (Å²) in [7, 11) is 0. The number of carbonyl (C=O) groups excluding carboxylic acids is 1. The molecule has 2 aliphatic rings. The van der Waals surface area contributed by atoms with Gasteiger partial charge in [-0.25, -0.2) is 0 Å². The summed E-state index contributed by atoms with van der Waals surface area (Å²) in [5.41, 5.74) is 4.66. The van der Waals surface area contributed by atoms with Gasteiger partial charge in [-0.2, -0.15) is 0 Å². The van der Waals surface area contributed by atoms with Crippen LogP contribution in [0.2, 0.25) is 0 Å². The third-order valence-corrected chi connectivity index (χ3v) is 4.78. The standard InChI is InChI=1S/C19H22N4O2/c1-14-3-2-4-15(21-14)6-8-23-13-16-18(19(23)24)17(5-7-20-16)22-9-11-25-12-10-22/h2-5,7H,6,8-13H2,1H3. The van der Waals surface area contributed by atoms with Gasteiger partial charge in [-0.15, -0.1) is 0 Å². The van der Waals surface area contributed by atoms with Crippen molar-refractivity contribution in [2.24, 2.45) is 0 Å².